The zero-order valence-corrected chi connectivity index (χ0v) is 21.7. The fraction of sp³-hybridized carbons (Fsp3) is 0.120. The van der Waals surface area contributed by atoms with Gasteiger partial charge in [0.2, 0.25) is 0 Å². The van der Waals surface area contributed by atoms with Crippen LogP contribution in [-0.2, 0) is 14.8 Å². The van der Waals surface area contributed by atoms with Gasteiger partial charge in [0.25, 0.3) is 15.9 Å². The Balaban J connectivity index is 1.34. The average molecular weight is 544 g/mol. The van der Waals surface area contributed by atoms with E-state index < -0.39 is 10.0 Å². The summed E-state index contributed by atoms with van der Waals surface area (Å²) in [6.07, 6.45) is 0. The number of ether oxygens (including phenoxy) is 2. The van der Waals surface area contributed by atoms with Crippen molar-refractivity contribution < 1.29 is 22.7 Å². The van der Waals surface area contributed by atoms with Gasteiger partial charge in [0.1, 0.15) is 11.5 Å². The minimum atomic E-state index is -3.85. The summed E-state index contributed by atoms with van der Waals surface area (Å²) in [7, 11) is -2.38. The van der Waals surface area contributed by atoms with Gasteiger partial charge in [-0.3, -0.25) is 9.52 Å². The van der Waals surface area contributed by atoms with Crippen LogP contribution >= 0.6 is 22.9 Å². The van der Waals surface area contributed by atoms with Crippen molar-refractivity contribution in [3.05, 3.63) is 82.1 Å². The number of amides is 1. The van der Waals surface area contributed by atoms with Gasteiger partial charge in [-0.05, 0) is 61.5 Å². The number of nitrogens with zero attached hydrogens (tertiary/aromatic N) is 1. The Labute approximate surface area is 217 Å². The quantitative estimate of drug-likeness (QED) is 0.284. The van der Waals surface area contributed by atoms with E-state index in [0.29, 0.717) is 22.9 Å². The van der Waals surface area contributed by atoms with E-state index in [0.717, 1.165) is 16.3 Å². The molecule has 36 heavy (non-hydrogen) atoms. The number of aryl methyl sites for hydroxylation is 1. The molecule has 0 spiro atoms. The number of halogens is 1. The predicted molar refractivity (Wildman–Crippen MR) is 142 cm³/mol. The van der Waals surface area contributed by atoms with Crippen LogP contribution in [0.3, 0.4) is 0 Å². The van der Waals surface area contributed by atoms with Gasteiger partial charge in [-0.2, -0.15) is 0 Å². The third-order valence-corrected chi connectivity index (χ3v) is 7.44. The first-order chi connectivity index (χ1) is 17.2. The monoisotopic (exact) mass is 543 g/mol. The molecule has 11 heteroatoms. The van der Waals surface area contributed by atoms with Crippen LogP contribution in [0.5, 0.6) is 11.5 Å². The first-order valence-electron chi connectivity index (χ1n) is 10.6. The van der Waals surface area contributed by atoms with Crippen molar-refractivity contribution >= 4 is 50.2 Å². The smallest absolute Gasteiger partial charge is 0.262 e. The highest BCUT2D eigenvalue weighted by molar-refractivity contribution is 7.92. The summed E-state index contributed by atoms with van der Waals surface area (Å²) < 4.78 is 38.4. The molecule has 0 aliphatic carbocycles. The van der Waals surface area contributed by atoms with Gasteiger partial charge < -0.3 is 14.8 Å². The number of anilines is 2. The van der Waals surface area contributed by atoms with Gasteiger partial charge in [0, 0.05) is 16.6 Å². The lowest BCUT2D eigenvalue weighted by molar-refractivity contribution is -0.118. The van der Waals surface area contributed by atoms with Crippen molar-refractivity contribution in [1.82, 2.24) is 4.98 Å². The summed E-state index contributed by atoms with van der Waals surface area (Å²) >= 11 is 7.62. The van der Waals surface area contributed by atoms with Gasteiger partial charge in [-0.25, -0.2) is 13.4 Å². The third kappa shape index (κ3) is 6.34. The molecule has 4 rings (SSSR count). The molecule has 0 saturated heterocycles. The van der Waals surface area contributed by atoms with E-state index in [1.165, 1.54) is 37.4 Å². The van der Waals surface area contributed by atoms with Crippen LogP contribution in [0.1, 0.15) is 5.01 Å². The molecule has 0 radical (unpaired) electrons. The molecule has 0 atom stereocenters. The van der Waals surface area contributed by atoms with Crippen molar-refractivity contribution in [3.8, 4) is 22.8 Å². The Kier molecular flexibility index (Phi) is 7.78. The highest BCUT2D eigenvalue weighted by atomic mass is 35.5. The lowest BCUT2D eigenvalue weighted by Crippen LogP contribution is -2.20. The van der Waals surface area contributed by atoms with E-state index in [-0.39, 0.29) is 22.4 Å². The highest BCUT2D eigenvalue weighted by Gasteiger charge is 2.15. The molecule has 0 fully saturated rings. The van der Waals surface area contributed by atoms with E-state index in [1.54, 1.807) is 29.5 Å². The molecule has 0 bridgehead atoms. The maximum atomic E-state index is 12.7. The number of hydrogen-bond donors (Lipinski definition) is 2. The standard InChI is InChI=1S/C25H22ClN3O5S2/c1-16-27-23(15-35-16)17-4-3-5-18(12-17)28-25(30)14-34-20-7-9-21(10-8-20)36(31,32)29-19-6-11-24(33-2)22(26)13-19/h3-13,15,29H,14H2,1-2H3,(H,28,30). The summed E-state index contributed by atoms with van der Waals surface area (Å²) in [5.41, 5.74) is 2.68. The number of carbonyl (C=O) groups is 1. The van der Waals surface area contributed by atoms with Gasteiger partial charge in [-0.15, -0.1) is 11.3 Å². The number of sulfonamides is 1. The number of aromatic nitrogens is 1. The van der Waals surface area contributed by atoms with Crippen molar-refractivity contribution in [2.24, 2.45) is 0 Å². The SMILES string of the molecule is COc1ccc(NS(=O)(=O)c2ccc(OCC(=O)Nc3cccc(-c4csc(C)n4)c3)cc2)cc1Cl. The molecule has 8 nitrogen and oxygen atoms in total. The van der Waals surface area contributed by atoms with Crippen LogP contribution < -0.4 is 19.5 Å². The summed E-state index contributed by atoms with van der Waals surface area (Å²) in [4.78, 5) is 16.9. The van der Waals surface area contributed by atoms with Crippen LogP contribution in [-0.4, -0.2) is 33.0 Å². The molecule has 1 heterocycles. The van der Waals surface area contributed by atoms with E-state index in [2.05, 4.69) is 15.0 Å². The topological polar surface area (TPSA) is 107 Å². The normalized spacial score (nSPS) is 11.1. The summed E-state index contributed by atoms with van der Waals surface area (Å²) in [5.74, 6) is 0.437. The van der Waals surface area contributed by atoms with Gasteiger partial charge in [0.15, 0.2) is 6.61 Å². The highest BCUT2D eigenvalue weighted by Crippen LogP contribution is 2.29. The molecular weight excluding hydrogens is 522 g/mol. The van der Waals surface area contributed by atoms with Crippen molar-refractivity contribution in [3.63, 3.8) is 0 Å². The summed E-state index contributed by atoms with van der Waals surface area (Å²) in [5, 5.41) is 6.00. The molecule has 0 unspecified atom stereocenters. The Bertz CT molecular complexity index is 1490. The molecule has 2 N–H and O–H groups in total. The van der Waals surface area contributed by atoms with Crippen LogP contribution in [0.15, 0.2) is 77.0 Å². The van der Waals surface area contributed by atoms with Crippen molar-refractivity contribution in [1.29, 1.82) is 0 Å². The molecule has 1 aromatic heterocycles. The summed E-state index contributed by atoms with van der Waals surface area (Å²) in [6, 6.07) is 17.7. The second kappa shape index (κ2) is 11.0. The number of thiazole rings is 1. The third-order valence-electron chi connectivity index (χ3n) is 4.97. The van der Waals surface area contributed by atoms with Crippen LogP contribution in [0.2, 0.25) is 5.02 Å². The van der Waals surface area contributed by atoms with Crippen LogP contribution in [0.25, 0.3) is 11.3 Å². The number of carbonyl (C=O) groups excluding carboxylic acids is 1. The first kappa shape index (κ1) is 25.5. The Morgan fingerprint density at radius 2 is 1.83 bits per heavy atom. The number of benzene rings is 3. The van der Waals surface area contributed by atoms with Crippen LogP contribution in [0.4, 0.5) is 11.4 Å². The molecule has 186 valence electrons. The zero-order valence-electron chi connectivity index (χ0n) is 19.3. The average Bonchev–Trinajstić information content (AvgIpc) is 3.29. The Morgan fingerprint density at radius 3 is 2.50 bits per heavy atom. The number of methoxy groups -OCH3 is 1. The lowest BCUT2D eigenvalue weighted by atomic mass is 10.1. The second-order valence-corrected chi connectivity index (χ2v) is 10.7. The lowest BCUT2D eigenvalue weighted by Gasteiger charge is -2.11. The van der Waals surface area contributed by atoms with Gasteiger partial charge in [-0.1, -0.05) is 23.7 Å². The number of nitrogens with one attached hydrogen (secondary N) is 2. The molecule has 1 amide bonds. The summed E-state index contributed by atoms with van der Waals surface area (Å²) in [6.45, 7) is 1.70. The van der Waals surface area contributed by atoms with E-state index in [1.807, 2.05) is 30.5 Å². The maximum Gasteiger partial charge on any atom is 0.262 e. The van der Waals surface area contributed by atoms with Crippen molar-refractivity contribution in [2.45, 2.75) is 11.8 Å². The molecule has 0 saturated carbocycles. The van der Waals surface area contributed by atoms with E-state index in [4.69, 9.17) is 21.1 Å². The number of rotatable bonds is 9. The molecule has 4 aromatic rings. The Morgan fingerprint density at radius 1 is 1.06 bits per heavy atom. The van der Waals surface area contributed by atoms with Crippen molar-refractivity contribution in [2.75, 3.05) is 23.8 Å². The fourth-order valence-corrected chi connectivity index (χ4v) is 5.19. The molecular formula is C25H22ClN3O5S2. The van der Waals surface area contributed by atoms with Crippen LogP contribution in [0, 0.1) is 6.92 Å². The predicted octanol–water partition coefficient (Wildman–Crippen LogP) is 5.60. The largest absolute Gasteiger partial charge is 0.495 e. The van der Waals surface area contributed by atoms with E-state index >= 15 is 0 Å². The molecule has 0 aliphatic rings. The number of hydrogen-bond acceptors (Lipinski definition) is 7. The van der Waals surface area contributed by atoms with Gasteiger partial charge >= 0.3 is 0 Å². The minimum Gasteiger partial charge on any atom is -0.495 e. The molecule has 3 aromatic carbocycles. The first-order valence-corrected chi connectivity index (χ1v) is 13.4. The minimum absolute atomic E-state index is 0.0281. The second-order valence-electron chi connectivity index (χ2n) is 7.60. The molecule has 0 aliphatic heterocycles. The van der Waals surface area contributed by atoms with E-state index in [9.17, 15) is 13.2 Å². The fourth-order valence-electron chi connectivity index (χ4n) is 3.26. The van der Waals surface area contributed by atoms with Gasteiger partial charge in [0.05, 0.1) is 33.4 Å². The maximum absolute atomic E-state index is 12.7. The zero-order chi connectivity index (χ0) is 25.7. The Hall–Kier alpha value is -3.60.